The van der Waals surface area contributed by atoms with Crippen molar-refractivity contribution >= 4 is 12.0 Å². The van der Waals surface area contributed by atoms with E-state index < -0.39 is 12.0 Å². The minimum absolute atomic E-state index is 0.154. The van der Waals surface area contributed by atoms with Crippen LogP contribution in [0.3, 0.4) is 0 Å². The van der Waals surface area contributed by atoms with Crippen LogP contribution in [-0.4, -0.2) is 39.9 Å². The summed E-state index contributed by atoms with van der Waals surface area (Å²) in [5.74, 6) is -0.467. The molecule has 0 fully saturated rings. The molecule has 116 valence electrons. The predicted molar refractivity (Wildman–Crippen MR) is 78.2 cm³/mol. The Bertz CT molecular complexity index is 627. The highest BCUT2D eigenvalue weighted by molar-refractivity contribution is 5.80. The molecule has 1 heterocycles. The molecule has 0 saturated heterocycles. The first-order chi connectivity index (χ1) is 10.7. The minimum Gasteiger partial charge on any atom is -0.465 e. The molecule has 8 nitrogen and oxygen atoms in total. The van der Waals surface area contributed by atoms with Gasteiger partial charge in [0.1, 0.15) is 19.2 Å². The molecule has 0 spiro atoms. The van der Waals surface area contributed by atoms with Crippen molar-refractivity contribution in [3.05, 3.63) is 42.5 Å². The SMILES string of the molecule is CCOC(=O)CNC(=O)NCc1cccc(-n2cncn2)c1. The van der Waals surface area contributed by atoms with Gasteiger partial charge in [0.2, 0.25) is 0 Å². The Balaban J connectivity index is 1.83. The lowest BCUT2D eigenvalue weighted by molar-refractivity contribution is -0.141. The first-order valence-corrected chi connectivity index (χ1v) is 6.80. The van der Waals surface area contributed by atoms with Crippen LogP contribution < -0.4 is 10.6 Å². The number of carbonyl (C=O) groups is 2. The number of hydrogen-bond donors (Lipinski definition) is 2. The lowest BCUT2D eigenvalue weighted by Gasteiger charge is -2.08. The smallest absolute Gasteiger partial charge is 0.325 e. The molecule has 0 unspecified atom stereocenters. The average Bonchev–Trinajstić information content (AvgIpc) is 3.06. The summed E-state index contributed by atoms with van der Waals surface area (Å²) in [6, 6.07) is 7.09. The standard InChI is InChI=1S/C14H17N5O3/c1-2-22-13(20)8-17-14(21)16-7-11-4-3-5-12(6-11)19-10-15-9-18-19/h3-6,9-10H,2,7-8H2,1H3,(H2,16,17,21). The number of nitrogens with one attached hydrogen (secondary N) is 2. The van der Waals surface area contributed by atoms with Crippen molar-refractivity contribution in [3.63, 3.8) is 0 Å². The number of esters is 1. The van der Waals surface area contributed by atoms with Gasteiger partial charge in [0.15, 0.2) is 0 Å². The van der Waals surface area contributed by atoms with E-state index in [4.69, 9.17) is 4.74 Å². The first-order valence-electron chi connectivity index (χ1n) is 6.80. The van der Waals surface area contributed by atoms with Crippen molar-refractivity contribution < 1.29 is 14.3 Å². The van der Waals surface area contributed by atoms with Crippen LogP contribution >= 0.6 is 0 Å². The third-order valence-corrected chi connectivity index (χ3v) is 2.75. The summed E-state index contributed by atoms with van der Waals surface area (Å²) in [6.45, 7) is 2.17. The van der Waals surface area contributed by atoms with E-state index in [9.17, 15) is 9.59 Å². The maximum absolute atomic E-state index is 11.6. The van der Waals surface area contributed by atoms with E-state index >= 15 is 0 Å². The van der Waals surface area contributed by atoms with Crippen molar-refractivity contribution in [3.8, 4) is 5.69 Å². The van der Waals surface area contributed by atoms with Gasteiger partial charge in [-0.3, -0.25) is 4.79 Å². The second-order valence-corrected chi connectivity index (χ2v) is 4.35. The molecular formula is C14H17N5O3. The van der Waals surface area contributed by atoms with Crippen LogP contribution in [0.4, 0.5) is 4.79 Å². The van der Waals surface area contributed by atoms with Gasteiger partial charge in [-0.25, -0.2) is 14.5 Å². The third-order valence-electron chi connectivity index (χ3n) is 2.75. The average molecular weight is 303 g/mol. The van der Waals surface area contributed by atoms with Crippen molar-refractivity contribution in [2.45, 2.75) is 13.5 Å². The van der Waals surface area contributed by atoms with Crippen molar-refractivity contribution in [1.29, 1.82) is 0 Å². The van der Waals surface area contributed by atoms with Gasteiger partial charge in [0.05, 0.1) is 12.3 Å². The Labute approximate surface area is 127 Å². The van der Waals surface area contributed by atoms with Gasteiger partial charge >= 0.3 is 12.0 Å². The fourth-order valence-corrected chi connectivity index (χ4v) is 1.76. The first kappa shape index (κ1) is 15.5. The van der Waals surface area contributed by atoms with E-state index in [1.807, 2.05) is 24.3 Å². The topological polar surface area (TPSA) is 98.1 Å². The number of ether oxygens (including phenoxy) is 1. The molecule has 0 saturated carbocycles. The van der Waals surface area contributed by atoms with Crippen LogP contribution in [0.25, 0.3) is 5.69 Å². The molecule has 2 aromatic rings. The molecule has 8 heteroatoms. The molecule has 0 bridgehead atoms. The lowest BCUT2D eigenvalue weighted by atomic mass is 10.2. The summed E-state index contributed by atoms with van der Waals surface area (Å²) in [4.78, 5) is 26.6. The predicted octanol–water partition coefficient (Wildman–Crippen LogP) is 0.630. The summed E-state index contributed by atoms with van der Waals surface area (Å²) in [7, 11) is 0. The van der Waals surface area contributed by atoms with E-state index in [2.05, 4.69) is 20.7 Å². The van der Waals surface area contributed by atoms with Crippen molar-refractivity contribution in [2.24, 2.45) is 0 Å². The summed E-state index contributed by atoms with van der Waals surface area (Å²) in [5, 5.41) is 9.14. The molecule has 2 amide bonds. The monoisotopic (exact) mass is 303 g/mol. The Morgan fingerprint density at radius 1 is 1.32 bits per heavy atom. The molecule has 0 aliphatic carbocycles. The lowest BCUT2D eigenvalue weighted by Crippen LogP contribution is -2.38. The highest BCUT2D eigenvalue weighted by Gasteiger charge is 2.06. The zero-order valence-corrected chi connectivity index (χ0v) is 12.2. The summed E-state index contributed by atoms with van der Waals surface area (Å²) in [5.41, 5.74) is 1.75. The zero-order valence-electron chi connectivity index (χ0n) is 12.2. The van der Waals surface area contributed by atoms with Crippen LogP contribution in [0, 0.1) is 0 Å². The molecule has 0 aliphatic rings. The molecule has 2 rings (SSSR count). The fourth-order valence-electron chi connectivity index (χ4n) is 1.76. The number of aromatic nitrogens is 3. The normalized spacial score (nSPS) is 10.0. The molecular weight excluding hydrogens is 286 g/mol. The molecule has 0 atom stereocenters. The summed E-state index contributed by atoms with van der Waals surface area (Å²) >= 11 is 0. The zero-order chi connectivity index (χ0) is 15.8. The number of benzene rings is 1. The van der Waals surface area contributed by atoms with Crippen LogP contribution in [0.1, 0.15) is 12.5 Å². The van der Waals surface area contributed by atoms with Gasteiger partial charge in [0.25, 0.3) is 0 Å². The van der Waals surface area contributed by atoms with E-state index in [1.54, 1.807) is 17.9 Å². The van der Waals surface area contributed by atoms with Crippen LogP contribution in [0.2, 0.25) is 0 Å². The maximum atomic E-state index is 11.6. The maximum Gasteiger partial charge on any atom is 0.325 e. The molecule has 1 aromatic heterocycles. The summed E-state index contributed by atoms with van der Waals surface area (Å²) in [6.07, 6.45) is 3.05. The van der Waals surface area contributed by atoms with Crippen LogP contribution in [0.5, 0.6) is 0 Å². The number of carbonyl (C=O) groups excluding carboxylic acids is 2. The third kappa shape index (κ3) is 4.58. The van der Waals surface area contributed by atoms with E-state index in [-0.39, 0.29) is 13.2 Å². The molecule has 22 heavy (non-hydrogen) atoms. The quantitative estimate of drug-likeness (QED) is 0.763. The Hall–Kier alpha value is -2.90. The van der Waals surface area contributed by atoms with E-state index in [0.29, 0.717) is 6.54 Å². The van der Waals surface area contributed by atoms with Crippen molar-refractivity contribution in [1.82, 2.24) is 25.4 Å². The largest absolute Gasteiger partial charge is 0.465 e. The second kappa shape index (κ2) is 7.77. The number of rotatable bonds is 6. The van der Waals surface area contributed by atoms with Crippen LogP contribution in [0.15, 0.2) is 36.9 Å². The summed E-state index contributed by atoms with van der Waals surface area (Å²) < 4.78 is 6.34. The van der Waals surface area contributed by atoms with Crippen LogP contribution in [-0.2, 0) is 16.1 Å². The Morgan fingerprint density at radius 2 is 2.18 bits per heavy atom. The fraction of sp³-hybridized carbons (Fsp3) is 0.286. The van der Waals surface area contributed by atoms with Gasteiger partial charge in [-0.2, -0.15) is 5.10 Å². The minimum atomic E-state index is -0.467. The number of urea groups is 1. The van der Waals surface area contributed by atoms with Gasteiger partial charge in [-0.1, -0.05) is 12.1 Å². The Kier molecular flexibility index (Phi) is 5.47. The highest BCUT2D eigenvalue weighted by Crippen LogP contribution is 2.08. The van der Waals surface area contributed by atoms with Gasteiger partial charge in [0, 0.05) is 6.54 Å². The van der Waals surface area contributed by atoms with E-state index in [1.165, 1.54) is 6.33 Å². The molecule has 0 radical (unpaired) electrons. The van der Waals surface area contributed by atoms with Gasteiger partial charge < -0.3 is 15.4 Å². The van der Waals surface area contributed by atoms with Gasteiger partial charge in [-0.15, -0.1) is 0 Å². The van der Waals surface area contributed by atoms with Gasteiger partial charge in [-0.05, 0) is 24.6 Å². The highest BCUT2D eigenvalue weighted by atomic mass is 16.5. The number of nitrogens with zero attached hydrogens (tertiary/aromatic N) is 3. The molecule has 0 aliphatic heterocycles. The second-order valence-electron chi connectivity index (χ2n) is 4.35. The number of hydrogen-bond acceptors (Lipinski definition) is 5. The molecule has 2 N–H and O–H groups in total. The van der Waals surface area contributed by atoms with E-state index in [0.717, 1.165) is 11.3 Å². The van der Waals surface area contributed by atoms with Crippen molar-refractivity contribution in [2.75, 3.05) is 13.2 Å². The molecule has 1 aromatic carbocycles. The Morgan fingerprint density at radius 3 is 2.91 bits per heavy atom. The number of amides is 2.